The Bertz CT molecular complexity index is 367. The first-order valence-electron chi connectivity index (χ1n) is 6.11. The molecule has 1 fully saturated rings. The van der Waals surface area contributed by atoms with Gasteiger partial charge in [0.2, 0.25) is 0 Å². The third-order valence-electron chi connectivity index (χ3n) is 3.30. The Kier molecular flexibility index (Phi) is 4.09. The zero-order valence-electron chi connectivity index (χ0n) is 9.80. The lowest BCUT2D eigenvalue weighted by molar-refractivity contribution is 0.0905. The number of aliphatic hydroxyl groups excluding tert-OH is 1. The SMILES string of the molecule is O=C(N[C@H]1CCCC(CO)C1)c1cccnc1. The number of aromatic nitrogens is 1. The number of nitrogens with zero attached hydrogens (tertiary/aromatic N) is 1. The van der Waals surface area contributed by atoms with Crippen molar-refractivity contribution >= 4 is 5.91 Å². The standard InChI is InChI=1S/C13H18N2O2/c16-9-10-3-1-5-12(7-10)15-13(17)11-4-2-6-14-8-11/h2,4,6,8,10,12,16H,1,3,5,7,9H2,(H,15,17)/t10?,12-/m0/s1. The molecule has 2 atom stereocenters. The van der Waals surface area contributed by atoms with Gasteiger partial charge in [-0.25, -0.2) is 0 Å². The Hall–Kier alpha value is -1.42. The van der Waals surface area contributed by atoms with E-state index in [1.54, 1.807) is 24.5 Å². The summed E-state index contributed by atoms with van der Waals surface area (Å²) < 4.78 is 0. The molecule has 92 valence electrons. The minimum Gasteiger partial charge on any atom is -0.396 e. The lowest BCUT2D eigenvalue weighted by Gasteiger charge is -2.28. The normalized spacial score (nSPS) is 24.3. The molecule has 0 saturated heterocycles. The highest BCUT2D eigenvalue weighted by molar-refractivity contribution is 5.93. The molecule has 0 radical (unpaired) electrons. The Labute approximate surface area is 101 Å². The maximum absolute atomic E-state index is 11.9. The highest BCUT2D eigenvalue weighted by Gasteiger charge is 2.22. The molecule has 1 aromatic rings. The van der Waals surface area contributed by atoms with Gasteiger partial charge in [-0.15, -0.1) is 0 Å². The Balaban J connectivity index is 1.90. The molecule has 17 heavy (non-hydrogen) atoms. The summed E-state index contributed by atoms with van der Waals surface area (Å²) in [5.41, 5.74) is 0.596. The fourth-order valence-corrected chi connectivity index (χ4v) is 2.35. The maximum atomic E-state index is 11.9. The van der Waals surface area contributed by atoms with Gasteiger partial charge >= 0.3 is 0 Å². The van der Waals surface area contributed by atoms with Gasteiger partial charge < -0.3 is 10.4 Å². The van der Waals surface area contributed by atoms with Crippen LogP contribution < -0.4 is 5.32 Å². The van der Waals surface area contributed by atoms with Crippen LogP contribution >= 0.6 is 0 Å². The average Bonchev–Trinajstić information content (AvgIpc) is 2.40. The minimum absolute atomic E-state index is 0.0679. The quantitative estimate of drug-likeness (QED) is 0.830. The number of hydrogen-bond donors (Lipinski definition) is 2. The predicted octanol–water partition coefficient (Wildman–Crippen LogP) is 1.36. The van der Waals surface area contributed by atoms with Gasteiger partial charge in [-0.2, -0.15) is 0 Å². The van der Waals surface area contributed by atoms with Gasteiger partial charge in [0.1, 0.15) is 0 Å². The number of aliphatic hydroxyl groups is 1. The van der Waals surface area contributed by atoms with E-state index in [2.05, 4.69) is 10.3 Å². The van der Waals surface area contributed by atoms with Crippen LogP contribution in [0.5, 0.6) is 0 Å². The monoisotopic (exact) mass is 234 g/mol. The van der Waals surface area contributed by atoms with E-state index in [4.69, 9.17) is 5.11 Å². The van der Waals surface area contributed by atoms with E-state index < -0.39 is 0 Å². The van der Waals surface area contributed by atoms with Crippen molar-refractivity contribution in [3.63, 3.8) is 0 Å². The number of pyridine rings is 1. The van der Waals surface area contributed by atoms with Gasteiger partial charge in [-0.05, 0) is 37.3 Å². The summed E-state index contributed by atoms with van der Waals surface area (Å²) in [7, 11) is 0. The average molecular weight is 234 g/mol. The number of hydrogen-bond acceptors (Lipinski definition) is 3. The maximum Gasteiger partial charge on any atom is 0.253 e. The number of carbonyl (C=O) groups is 1. The molecule has 1 aromatic heterocycles. The van der Waals surface area contributed by atoms with E-state index in [0.717, 1.165) is 25.7 Å². The molecule has 2 rings (SSSR count). The summed E-state index contributed by atoms with van der Waals surface area (Å²) in [5, 5.41) is 12.1. The molecule has 1 unspecified atom stereocenters. The number of carbonyl (C=O) groups excluding carboxylic acids is 1. The van der Waals surface area contributed by atoms with E-state index in [0.29, 0.717) is 11.5 Å². The first-order valence-corrected chi connectivity index (χ1v) is 6.11. The Morgan fingerprint density at radius 3 is 3.12 bits per heavy atom. The summed E-state index contributed by atoms with van der Waals surface area (Å²) in [4.78, 5) is 15.8. The first kappa shape index (κ1) is 12.0. The molecule has 4 nitrogen and oxygen atoms in total. The van der Waals surface area contributed by atoms with Crippen molar-refractivity contribution in [1.82, 2.24) is 10.3 Å². The van der Waals surface area contributed by atoms with Crippen LogP contribution in [0.15, 0.2) is 24.5 Å². The summed E-state index contributed by atoms with van der Waals surface area (Å²) in [6, 6.07) is 3.70. The van der Waals surface area contributed by atoms with Crippen LogP contribution in [0.25, 0.3) is 0 Å². The van der Waals surface area contributed by atoms with Gasteiger partial charge in [0.05, 0.1) is 5.56 Å². The lowest BCUT2D eigenvalue weighted by Crippen LogP contribution is -2.39. The zero-order valence-corrected chi connectivity index (χ0v) is 9.80. The van der Waals surface area contributed by atoms with Crippen LogP contribution in [0, 0.1) is 5.92 Å². The third-order valence-corrected chi connectivity index (χ3v) is 3.30. The Morgan fingerprint density at radius 2 is 2.41 bits per heavy atom. The smallest absolute Gasteiger partial charge is 0.253 e. The highest BCUT2D eigenvalue weighted by Crippen LogP contribution is 2.23. The number of nitrogens with one attached hydrogen (secondary N) is 1. The molecular weight excluding hydrogens is 216 g/mol. The van der Waals surface area contributed by atoms with Crippen LogP contribution in [-0.4, -0.2) is 28.6 Å². The van der Waals surface area contributed by atoms with Crippen molar-refractivity contribution in [2.24, 2.45) is 5.92 Å². The molecule has 1 saturated carbocycles. The van der Waals surface area contributed by atoms with E-state index >= 15 is 0 Å². The molecule has 1 aliphatic carbocycles. The summed E-state index contributed by atoms with van der Waals surface area (Å²) in [6.07, 6.45) is 7.24. The fourth-order valence-electron chi connectivity index (χ4n) is 2.35. The van der Waals surface area contributed by atoms with E-state index in [1.807, 2.05) is 0 Å². The van der Waals surface area contributed by atoms with E-state index in [-0.39, 0.29) is 18.6 Å². The first-order chi connectivity index (χ1) is 8.29. The number of amides is 1. The highest BCUT2D eigenvalue weighted by atomic mass is 16.3. The molecule has 0 spiro atoms. The molecule has 0 bridgehead atoms. The van der Waals surface area contributed by atoms with Crippen molar-refractivity contribution < 1.29 is 9.90 Å². The van der Waals surface area contributed by atoms with Gasteiger partial charge in [0, 0.05) is 25.0 Å². The fraction of sp³-hybridized carbons (Fsp3) is 0.538. The minimum atomic E-state index is -0.0679. The van der Waals surface area contributed by atoms with Gasteiger partial charge in [0.15, 0.2) is 0 Å². The lowest BCUT2D eigenvalue weighted by atomic mass is 9.86. The third kappa shape index (κ3) is 3.27. The zero-order chi connectivity index (χ0) is 12.1. The predicted molar refractivity (Wildman–Crippen MR) is 64.5 cm³/mol. The van der Waals surface area contributed by atoms with Crippen LogP contribution in [0.2, 0.25) is 0 Å². The van der Waals surface area contributed by atoms with Crippen molar-refractivity contribution in [2.45, 2.75) is 31.7 Å². The van der Waals surface area contributed by atoms with Crippen LogP contribution in [0.1, 0.15) is 36.0 Å². The summed E-state index contributed by atoms with van der Waals surface area (Å²) in [5.74, 6) is 0.268. The summed E-state index contributed by atoms with van der Waals surface area (Å²) >= 11 is 0. The van der Waals surface area contributed by atoms with Crippen molar-refractivity contribution in [1.29, 1.82) is 0 Å². The largest absolute Gasteiger partial charge is 0.396 e. The van der Waals surface area contributed by atoms with Crippen molar-refractivity contribution in [2.75, 3.05) is 6.61 Å². The summed E-state index contributed by atoms with van der Waals surface area (Å²) in [6.45, 7) is 0.221. The molecule has 0 aliphatic heterocycles. The van der Waals surface area contributed by atoms with E-state index in [1.165, 1.54) is 0 Å². The molecule has 1 amide bonds. The van der Waals surface area contributed by atoms with Crippen molar-refractivity contribution in [3.05, 3.63) is 30.1 Å². The molecule has 1 aliphatic rings. The molecular formula is C13H18N2O2. The van der Waals surface area contributed by atoms with Gasteiger partial charge in [-0.1, -0.05) is 6.42 Å². The van der Waals surface area contributed by atoms with E-state index in [9.17, 15) is 4.79 Å². The van der Waals surface area contributed by atoms with Gasteiger partial charge in [-0.3, -0.25) is 9.78 Å². The topological polar surface area (TPSA) is 62.2 Å². The van der Waals surface area contributed by atoms with Gasteiger partial charge in [0.25, 0.3) is 5.91 Å². The second-order valence-electron chi connectivity index (χ2n) is 4.63. The van der Waals surface area contributed by atoms with Crippen molar-refractivity contribution in [3.8, 4) is 0 Å². The molecule has 4 heteroatoms. The van der Waals surface area contributed by atoms with Crippen LogP contribution in [-0.2, 0) is 0 Å². The molecule has 1 heterocycles. The Morgan fingerprint density at radius 1 is 1.53 bits per heavy atom. The van der Waals surface area contributed by atoms with Crippen LogP contribution in [0.3, 0.4) is 0 Å². The molecule has 0 aromatic carbocycles. The second kappa shape index (κ2) is 5.77. The number of rotatable bonds is 3. The van der Waals surface area contributed by atoms with Crippen LogP contribution in [0.4, 0.5) is 0 Å². The molecule has 2 N–H and O–H groups in total. The second-order valence-corrected chi connectivity index (χ2v) is 4.63.